The number of fused-ring (bicyclic) bond motifs is 1. The van der Waals surface area contributed by atoms with E-state index in [2.05, 4.69) is 5.32 Å². The highest BCUT2D eigenvalue weighted by molar-refractivity contribution is 5.96. The maximum absolute atomic E-state index is 13.1. The molecule has 0 spiro atoms. The number of nitrogens with zero attached hydrogens (tertiary/aromatic N) is 2. The van der Waals surface area contributed by atoms with Gasteiger partial charge in [-0.05, 0) is 37.1 Å². The van der Waals surface area contributed by atoms with Crippen molar-refractivity contribution < 1.29 is 14.5 Å². The molecule has 146 valence electrons. The van der Waals surface area contributed by atoms with Gasteiger partial charge in [-0.15, -0.1) is 0 Å². The summed E-state index contributed by atoms with van der Waals surface area (Å²) in [4.78, 5) is 26.1. The van der Waals surface area contributed by atoms with Crippen LogP contribution in [0.4, 0.5) is 17.1 Å². The zero-order valence-corrected chi connectivity index (χ0v) is 15.5. The lowest BCUT2D eigenvalue weighted by atomic mass is 9.89. The van der Waals surface area contributed by atoms with E-state index in [1.807, 2.05) is 35.2 Å². The first-order valence-corrected chi connectivity index (χ1v) is 9.66. The molecule has 0 unspecified atom stereocenters. The minimum Gasteiger partial charge on any atom is -0.374 e. The van der Waals surface area contributed by atoms with E-state index >= 15 is 0 Å². The van der Waals surface area contributed by atoms with E-state index in [1.54, 1.807) is 12.1 Å². The normalized spacial score (nSPS) is 21.6. The van der Waals surface area contributed by atoms with Crippen molar-refractivity contribution in [1.82, 2.24) is 4.90 Å². The number of para-hydroxylation sites is 1. The van der Waals surface area contributed by atoms with Crippen molar-refractivity contribution in [3.8, 4) is 0 Å². The molecule has 28 heavy (non-hydrogen) atoms. The Labute approximate surface area is 163 Å². The van der Waals surface area contributed by atoms with Gasteiger partial charge in [0.15, 0.2) is 0 Å². The average Bonchev–Trinajstić information content (AvgIpc) is 2.73. The van der Waals surface area contributed by atoms with Crippen LogP contribution >= 0.6 is 0 Å². The third kappa shape index (κ3) is 3.71. The second kappa shape index (κ2) is 7.98. The zero-order valence-electron chi connectivity index (χ0n) is 15.5. The first-order valence-electron chi connectivity index (χ1n) is 9.66. The smallest absolute Gasteiger partial charge is 0.293 e. The number of nitro benzene ring substituents is 1. The van der Waals surface area contributed by atoms with E-state index < -0.39 is 4.92 Å². The fraction of sp³-hybridized carbons (Fsp3) is 0.381. The summed E-state index contributed by atoms with van der Waals surface area (Å²) in [6.45, 7) is 1.04. The molecule has 2 atom stereocenters. The van der Waals surface area contributed by atoms with Crippen LogP contribution in [0.5, 0.6) is 0 Å². The largest absolute Gasteiger partial charge is 0.374 e. The van der Waals surface area contributed by atoms with Crippen LogP contribution in [0.15, 0.2) is 48.5 Å². The molecule has 1 aliphatic carbocycles. The standard InChI is InChI=1S/C21H23N3O4/c25-21(23-12-13-28-20-9-5-4-8-18(20)23)15-10-11-17(19(14-15)24(26)27)22-16-6-2-1-3-7-16/h1-3,6-7,10-11,14,18,20,22H,4-5,8-9,12-13H2/t18-,20+/m0/s1. The van der Waals surface area contributed by atoms with Crippen LogP contribution in [-0.2, 0) is 4.74 Å². The van der Waals surface area contributed by atoms with Crippen molar-refractivity contribution in [3.05, 3.63) is 64.2 Å². The van der Waals surface area contributed by atoms with Gasteiger partial charge in [0.25, 0.3) is 11.6 Å². The van der Waals surface area contributed by atoms with Gasteiger partial charge in [0, 0.05) is 23.9 Å². The number of benzene rings is 2. The fourth-order valence-corrected chi connectivity index (χ4v) is 4.11. The molecule has 1 saturated carbocycles. The molecule has 1 N–H and O–H groups in total. The van der Waals surface area contributed by atoms with Crippen LogP contribution < -0.4 is 5.32 Å². The molecule has 7 nitrogen and oxygen atoms in total. The number of ether oxygens (including phenoxy) is 1. The monoisotopic (exact) mass is 381 g/mol. The average molecular weight is 381 g/mol. The van der Waals surface area contributed by atoms with Crippen molar-refractivity contribution in [2.75, 3.05) is 18.5 Å². The number of hydrogen-bond donors (Lipinski definition) is 1. The van der Waals surface area contributed by atoms with Gasteiger partial charge in [0.1, 0.15) is 5.69 Å². The Balaban J connectivity index is 1.60. The van der Waals surface area contributed by atoms with Crippen LogP contribution in [0.2, 0.25) is 0 Å². The molecule has 0 radical (unpaired) electrons. The predicted octanol–water partition coefficient (Wildman–Crippen LogP) is 4.12. The second-order valence-electron chi connectivity index (χ2n) is 7.24. The van der Waals surface area contributed by atoms with Crippen LogP contribution in [0.3, 0.4) is 0 Å². The van der Waals surface area contributed by atoms with Crippen molar-refractivity contribution >= 4 is 23.0 Å². The van der Waals surface area contributed by atoms with Gasteiger partial charge in [-0.2, -0.15) is 0 Å². The Kier molecular flexibility index (Phi) is 5.25. The highest BCUT2D eigenvalue weighted by atomic mass is 16.6. The van der Waals surface area contributed by atoms with E-state index in [9.17, 15) is 14.9 Å². The number of anilines is 2. The molecule has 2 aliphatic rings. The van der Waals surface area contributed by atoms with Crippen LogP contribution in [-0.4, -0.2) is 41.0 Å². The Morgan fingerprint density at radius 2 is 1.93 bits per heavy atom. The molecule has 0 aromatic heterocycles. The summed E-state index contributed by atoms with van der Waals surface area (Å²) in [5, 5.41) is 14.7. The van der Waals surface area contributed by atoms with Crippen molar-refractivity contribution in [2.24, 2.45) is 0 Å². The topological polar surface area (TPSA) is 84.7 Å². The van der Waals surface area contributed by atoms with Gasteiger partial charge in [0.2, 0.25) is 0 Å². The molecule has 7 heteroatoms. The van der Waals surface area contributed by atoms with Crippen molar-refractivity contribution in [2.45, 2.75) is 37.8 Å². The van der Waals surface area contributed by atoms with Crippen LogP contribution in [0, 0.1) is 10.1 Å². The van der Waals surface area contributed by atoms with E-state index in [-0.39, 0.29) is 23.7 Å². The first-order chi connectivity index (χ1) is 13.6. The Bertz CT molecular complexity index is 869. The Morgan fingerprint density at radius 1 is 1.14 bits per heavy atom. The number of morpholine rings is 1. The molecule has 2 aromatic carbocycles. The summed E-state index contributed by atoms with van der Waals surface area (Å²) in [7, 11) is 0. The molecule has 4 rings (SSSR count). The summed E-state index contributed by atoms with van der Waals surface area (Å²) in [6, 6.07) is 14.0. The second-order valence-corrected chi connectivity index (χ2v) is 7.24. The van der Waals surface area contributed by atoms with Crippen LogP contribution in [0.25, 0.3) is 0 Å². The molecular weight excluding hydrogens is 358 g/mol. The minimum absolute atomic E-state index is 0.0659. The summed E-state index contributed by atoms with van der Waals surface area (Å²) in [5.74, 6) is -0.158. The van der Waals surface area contributed by atoms with Crippen molar-refractivity contribution in [3.63, 3.8) is 0 Å². The maximum Gasteiger partial charge on any atom is 0.293 e. The minimum atomic E-state index is -0.454. The molecule has 1 aliphatic heterocycles. The summed E-state index contributed by atoms with van der Waals surface area (Å²) in [6.07, 6.45) is 4.17. The Morgan fingerprint density at radius 3 is 2.71 bits per heavy atom. The fourth-order valence-electron chi connectivity index (χ4n) is 4.11. The predicted molar refractivity (Wildman–Crippen MR) is 106 cm³/mol. The van der Waals surface area contributed by atoms with Crippen LogP contribution in [0.1, 0.15) is 36.0 Å². The van der Waals surface area contributed by atoms with E-state index in [4.69, 9.17) is 4.74 Å². The maximum atomic E-state index is 13.1. The van der Waals surface area contributed by atoms with Crippen molar-refractivity contribution in [1.29, 1.82) is 0 Å². The lowest BCUT2D eigenvalue weighted by Gasteiger charge is -2.43. The van der Waals surface area contributed by atoms with E-state index in [1.165, 1.54) is 6.07 Å². The van der Waals surface area contributed by atoms with Gasteiger partial charge in [0.05, 0.1) is 23.7 Å². The SMILES string of the molecule is O=C(c1ccc(Nc2ccccc2)c([N+](=O)[O-])c1)N1CCO[C@@H]2CCCC[C@@H]21. The molecule has 2 fully saturated rings. The third-order valence-electron chi connectivity index (χ3n) is 5.49. The van der Waals surface area contributed by atoms with Gasteiger partial charge in [-0.3, -0.25) is 14.9 Å². The number of carbonyl (C=O) groups excluding carboxylic acids is 1. The number of nitro groups is 1. The third-order valence-corrected chi connectivity index (χ3v) is 5.49. The molecule has 1 amide bonds. The van der Waals surface area contributed by atoms with Gasteiger partial charge in [-0.25, -0.2) is 0 Å². The zero-order chi connectivity index (χ0) is 19.5. The van der Waals surface area contributed by atoms with Gasteiger partial charge < -0.3 is 15.0 Å². The summed E-state index contributed by atoms with van der Waals surface area (Å²) in [5.41, 5.74) is 1.35. The highest BCUT2D eigenvalue weighted by Gasteiger charge is 2.37. The van der Waals surface area contributed by atoms with Gasteiger partial charge in [-0.1, -0.05) is 31.0 Å². The number of amides is 1. The molecule has 2 aromatic rings. The number of carbonyl (C=O) groups is 1. The quantitative estimate of drug-likeness (QED) is 0.636. The molecule has 1 saturated heterocycles. The first kappa shape index (κ1) is 18.4. The summed E-state index contributed by atoms with van der Waals surface area (Å²) < 4.78 is 5.83. The highest BCUT2D eigenvalue weighted by Crippen LogP contribution is 2.32. The van der Waals surface area contributed by atoms with Gasteiger partial charge >= 0.3 is 0 Å². The molecule has 0 bridgehead atoms. The molecule has 1 heterocycles. The Hall–Kier alpha value is -2.93. The van der Waals surface area contributed by atoms with E-state index in [0.29, 0.717) is 24.4 Å². The lowest BCUT2D eigenvalue weighted by molar-refractivity contribution is -0.383. The van der Waals surface area contributed by atoms with E-state index in [0.717, 1.165) is 31.4 Å². The number of hydrogen-bond acceptors (Lipinski definition) is 5. The molecular formula is C21H23N3O4. The number of nitrogens with one attached hydrogen (secondary N) is 1. The lowest BCUT2D eigenvalue weighted by Crippen LogP contribution is -2.54. The number of rotatable bonds is 4. The summed E-state index contributed by atoms with van der Waals surface area (Å²) >= 11 is 0.